The summed E-state index contributed by atoms with van der Waals surface area (Å²) in [6.07, 6.45) is 3.98. The van der Waals surface area contributed by atoms with Gasteiger partial charge in [0.2, 0.25) is 0 Å². The summed E-state index contributed by atoms with van der Waals surface area (Å²) in [5, 5.41) is 0. The summed E-state index contributed by atoms with van der Waals surface area (Å²) in [5.41, 5.74) is 7.84. The van der Waals surface area contributed by atoms with Crippen molar-refractivity contribution in [3.63, 3.8) is 0 Å². The molecule has 2 nitrogen and oxygen atoms in total. The van der Waals surface area contributed by atoms with E-state index in [-0.39, 0.29) is 0 Å². The Kier molecular flexibility index (Phi) is 4.97. The van der Waals surface area contributed by atoms with Crippen LogP contribution in [0.3, 0.4) is 0 Å². The zero-order chi connectivity index (χ0) is 10.2. The van der Waals surface area contributed by atoms with Crippen LogP contribution in [0.5, 0.6) is 0 Å². The van der Waals surface area contributed by atoms with Crippen LogP contribution in [0.15, 0.2) is 36.4 Å². The monoisotopic (exact) mass is 191 g/mol. The van der Waals surface area contributed by atoms with Gasteiger partial charge < -0.3 is 10.5 Å². The largest absolute Gasteiger partial charge is 0.373 e. The van der Waals surface area contributed by atoms with Gasteiger partial charge in [0.05, 0.1) is 13.2 Å². The molecule has 1 aromatic carbocycles. The van der Waals surface area contributed by atoms with Crippen molar-refractivity contribution in [1.82, 2.24) is 0 Å². The van der Waals surface area contributed by atoms with Crippen LogP contribution in [0, 0.1) is 0 Å². The molecule has 0 fully saturated rings. The summed E-state index contributed by atoms with van der Waals surface area (Å²) in [7, 11) is 0. The SMILES string of the molecule is CC=CCOCc1ccc(CN)cc1. The molecule has 1 aromatic rings. The second-order valence-electron chi connectivity index (χ2n) is 3.10. The molecule has 0 amide bonds. The molecule has 0 spiro atoms. The first kappa shape index (κ1) is 11.0. The highest BCUT2D eigenvalue weighted by Gasteiger charge is 1.92. The molecule has 0 unspecified atom stereocenters. The van der Waals surface area contributed by atoms with Crippen molar-refractivity contribution in [1.29, 1.82) is 0 Å². The Morgan fingerprint density at radius 2 is 1.86 bits per heavy atom. The molecule has 0 radical (unpaired) electrons. The first-order chi connectivity index (χ1) is 6.86. The van der Waals surface area contributed by atoms with E-state index in [1.165, 1.54) is 5.56 Å². The third-order valence-corrected chi connectivity index (χ3v) is 1.98. The molecule has 0 aliphatic heterocycles. The molecule has 1 rings (SSSR count). The first-order valence-corrected chi connectivity index (χ1v) is 4.83. The van der Waals surface area contributed by atoms with E-state index in [4.69, 9.17) is 10.5 Å². The van der Waals surface area contributed by atoms with Gasteiger partial charge in [0.15, 0.2) is 0 Å². The van der Waals surface area contributed by atoms with Gasteiger partial charge in [-0.2, -0.15) is 0 Å². The molecule has 76 valence electrons. The lowest BCUT2D eigenvalue weighted by molar-refractivity contribution is 0.148. The Morgan fingerprint density at radius 1 is 1.21 bits per heavy atom. The van der Waals surface area contributed by atoms with Crippen molar-refractivity contribution in [3.8, 4) is 0 Å². The van der Waals surface area contributed by atoms with Crippen molar-refractivity contribution in [2.24, 2.45) is 5.73 Å². The van der Waals surface area contributed by atoms with Crippen molar-refractivity contribution in [3.05, 3.63) is 47.5 Å². The van der Waals surface area contributed by atoms with Gasteiger partial charge in [-0.3, -0.25) is 0 Å². The summed E-state index contributed by atoms with van der Waals surface area (Å²) in [6, 6.07) is 8.18. The van der Waals surface area contributed by atoms with Gasteiger partial charge in [0.25, 0.3) is 0 Å². The average molecular weight is 191 g/mol. The third-order valence-electron chi connectivity index (χ3n) is 1.98. The van der Waals surface area contributed by atoms with E-state index in [2.05, 4.69) is 12.1 Å². The Bertz CT molecular complexity index is 277. The fourth-order valence-electron chi connectivity index (χ4n) is 1.11. The van der Waals surface area contributed by atoms with Crippen LogP contribution >= 0.6 is 0 Å². The maximum absolute atomic E-state index is 5.50. The normalized spacial score (nSPS) is 11.0. The zero-order valence-electron chi connectivity index (χ0n) is 8.57. The van der Waals surface area contributed by atoms with E-state index in [1.807, 2.05) is 31.2 Å². The van der Waals surface area contributed by atoms with Gasteiger partial charge in [-0.05, 0) is 18.1 Å². The summed E-state index contributed by atoms with van der Waals surface area (Å²) >= 11 is 0. The summed E-state index contributed by atoms with van der Waals surface area (Å²) in [5.74, 6) is 0. The topological polar surface area (TPSA) is 35.2 Å². The second kappa shape index (κ2) is 6.35. The Balaban J connectivity index is 2.36. The zero-order valence-corrected chi connectivity index (χ0v) is 8.57. The van der Waals surface area contributed by atoms with E-state index < -0.39 is 0 Å². The fraction of sp³-hybridized carbons (Fsp3) is 0.333. The summed E-state index contributed by atoms with van der Waals surface area (Å²) in [4.78, 5) is 0. The minimum atomic E-state index is 0.597. The molecule has 2 heteroatoms. The lowest BCUT2D eigenvalue weighted by Gasteiger charge is -2.02. The van der Waals surface area contributed by atoms with Crippen molar-refractivity contribution in [2.75, 3.05) is 6.61 Å². The molecule has 0 saturated carbocycles. The number of ether oxygens (including phenoxy) is 1. The number of benzene rings is 1. The second-order valence-corrected chi connectivity index (χ2v) is 3.10. The molecule has 14 heavy (non-hydrogen) atoms. The Morgan fingerprint density at radius 3 is 2.43 bits per heavy atom. The number of allylic oxidation sites excluding steroid dienone is 1. The van der Waals surface area contributed by atoms with Crippen LogP contribution < -0.4 is 5.73 Å². The Labute approximate surface area is 85.4 Å². The fourth-order valence-corrected chi connectivity index (χ4v) is 1.11. The van der Waals surface area contributed by atoms with E-state index in [0.717, 1.165) is 5.56 Å². The summed E-state index contributed by atoms with van der Waals surface area (Å²) in [6.45, 7) is 3.92. The lowest BCUT2D eigenvalue weighted by Crippen LogP contribution is -1.97. The van der Waals surface area contributed by atoms with Crippen LogP contribution in [0.4, 0.5) is 0 Å². The minimum absolute atomic E-state index is 0.597. The van der Waals surface area contributed by atoms with E-state index in [1.54, 1.807) is 0 Å². The van der Waals surface area contributed by atoms with Crippen LogP contribution in [-0.4, -0.2) is 6.61 Å². The van der Waals surface area contributed by atoms with Crippen molar-refractivity contribution < 1.29 is 4.74 Å². The van der Waals surface area contributed by atoms with Gasteiger partial charge >= 0.3 is 0 Å². The molecular formula is C12H17NO. The Hall–Kier alpha value is -1.12. The quantitative estimate of drug-likeness (QED) is 0.572. The van der Waals surface area contributed by atoms with E-state index in [0.29, 0.717) is 19.8 Å². The maximum Gasteiger partial charge on any atom is 0.0721 e. The van der Waals surface area contributed by atoms with Gasteiger partial charge in [-0.25, -0.2) is 0 Å². The van der Waals surface area contributed by atoms with Crippen LogP contribution in [0.2, 0.25) is 0 Å². The van der Waals surface area contributed by atoms with E-state index in [9.17, 15) is 0 Å². The molecule has 0 aliphatic carbocycles. The molecule has 0 heterocycles. The number of nitrogens with two attached hydrogens (primary N) is 1. The summed E-state index contributed by atoms with van der Waals surface area (Å²) < 4.78 is 5.42. The highest BCUT2D eigenvalue weighted by molar-refractivity contribution is 5.21. The van der Waals surface area contributed by atoms with Crippen LogP contribution in [-0.2, 0) is 17.9 Å². The predicted octanol–water partition coefficient (Wildman–Crippen LogP) is 2.24. The highest BCUT2D eigenvalue weighted by atomic mass is 16.5. The number of hydrogen-bond acceptors (Lipinski definition) is 2. The molecule has 2 N–H and O–H groups in total. The lowest BCUT2D eigenvalue weighted by atomic mass is 10.1. The van der Waals surface area contributed by atoms with Gasteiger partial charge in [0.1, 0.15) is 0 Å². The molecule has 0 saturated heterocycles. The number of hydrogen-bond donors (Lipinski definition) is 1. The average Bonchev–Trinajstić information content (AvgIpc) is 2.25. The molecule has 0 atom stereocenters. The van der Waals surface area contributed by atoms with Crippen LogP contribution in [0.25, 0.3) is 0 Å². The molecule has 0 bridgehead atoms. The van der Waals surface area contributed by atoms with Crippen LogP contribution in [0.1, 0.15) is 18.1 Å². The van der Waals surface area contributed by atoms with E-state index >= 15 is 0 Å². The van der Waals surface area contributed by atoms with Crippen molar-refractivity contribution in [2.45, 2.75) is 20.1 Å². The van der Waals surface area contributed by atoms with Gasteiger partial charge in [-0.15, -0.1) is 0 Å². The molecule has 0 aromatic heterocycles. The third kappa shape index (κ3) is 3.73. The molecule has 0 aliphatic rings. The number of rotatable bonds is 5. The smallest absolute Gasteiger partial charge is 0.0721 e. The predicted molar refractivity (Wildman–Crippen MR) is 58.8 cm³/mol. The standard InChI is InChI=1S/C12H17NO/c1-2-3-8-14-10-12-6-4-11(9-13)5-7-12/h2-7H,8-10,13H2,1H3. The highest BCUT2D eigenvalue weighted by Crippen LogP contribution is 2.04. The molecular weight excluding hydrogens is 174 g/mol. The maximum atomic E-state index is 5.50. The van der Waals surface area contributed by atoms with Gasteiger partial charge in [0, 0.05) is 6.54 Å². The minimum Gasteiger partial charge on any atom is -0.373 e. The van der Waals surface area contributed by atoms with Gasteiger partial charge in [-0.1, -0.05) is 36.4 Å². The first-order valence-electron chi connectivity index (χ1n) is 4.83. The van der Waals surface area contributed by atoms with Crippen molar-refractivity contribution >= 4 is 0 Å².